The van der Waals surface area contributed by atoms with Gasteiger partial charge in [-0.15, -0.1) is 0 Å². The summed E-state index contributed by atoms with van der Waals surface area (Å²) in [4.78, 5) is 0. The molecule has 0 aromatic rings. The summed E-state index contributed by atoms with van der Waals surface area (Å²) in [5, 5.41) is 0. The number of hydrogen-bond acceptors (Lipinski definition) is 0. The molecule has 0 saturated carbocycles. The maximum Gasteiger partial charge on any atom is -0.0351 e. The smallest absolute Gasteiger partial charge is 0.0351 e. The SMILES string of the molecule is CCC/C=C/CCCCCCCCCCC.CCC/C=C/CCCCCCCCCCCCCCC. The summed E-state index contributed by atoms with van der Waals surface area (Å²) < 4.78 is 0. The fourth-order valence-corrected chi connectivity index (χ4v) is 4.66. The number of allylic oxidation sites excluding steroid dienone is 4. The monoisotopic (exact) mass is 505 g/mol. The summed E-state index contributed by atoms with van der Waals surface area (Å²) in [6.07, 6.45) is 48.9. The molecule has 0 unspecified atom stereocenters. The van der Waals surface area contributed by atoms with E-state index in [-0.39, 0.29) is 0 Å². The van der Waals surface area contributed by atoms with Gasteiger partial charge in [-0.2, -0.15) is 0 Å². The van der Waals surface area contributed by atoms with Crippen LogP contribution in [0.25, 0.3) is 0 Å². The van der Waals surface area contributed by atoms with Crippen LogP contribution in [0, 0.1) is 0 Å². The highest BCUT2D eigenvalue weighted by atomic mass is 14.0. The molecule has 36 heavy (non-hydrogen) atoms. The second kappa shape index (κ2) is 39.0. The lowest BCUT2D eigenvalue weighted by atomic mass is 10.0. The maximum absolute atomic E-state index is 2.38. The van der Waals surface area contributed by atoms with Gasteiger partial charge in [-0.3, -0.25) is 0 Å². The van der Waals surface area contributed by atoms with Crippen LogP contribution < -0.4 is 0 Å². The quantitative estimate of drug-likeness (QED) is 0.0733. The van der Waals surface area contributed by atoms with Gasteiger partial charge in [0, 0.05) is 0 Å². The molecule has 0 heteroatoms. The van der Waals surface area contributed by atoms with Crippen molar-refractivity contribution in [3.8, 4) is 0 Å². The molecule has 0 heterocycles. The highest BCUT2D eigenvalue weighted by Gasteiger charge is 1.93. The molecule has 0 aliphatic carbocycles. The summed E-state index contributed by atoms with van der Waals surface area (Å²) >= 11 is 0. The molecule has 0 aromatic carbocycles. The summed E-state index contributed by atoms with van der Waals surface area (Å²) in [5.74, 6) is 0. The Labute approximate surface area is 231 Å². The molecule has 0 spiro atoms. The molecule has 0 bridgehead atoms. The molecule has 0 radical (unpaired) electrons. The second-order valence-electron chi connectivity index (χ2n) is 11.2. The lowest BCUT2D eigenvalue weighted by Gasteiger charge is -2.02. The van der Waals surface area contributed by atoms with Gasteiger partial charge in [-0.25, -0.2) is 0 Å². The average molecular weight is 505 g/mol. The van der Waals surface area contributed by atoms with Crippen molar-refractivity contribution in [2.45, 2.75) is 207 Å². The number of hydrogen-bond donors (Lipinski definition) is 0. The van der Waals surface area contributed by atoms with E-state index in [0.29, 0.717) is 0 Å². The van der Waals surface area contributed by atoms with E-state index in [2.05, 4.69) is 52.0 Å². The first kappa shape index (κ1) is 37.6. The minimum atomic E-state index is 1.26. The Bertz CT molecular complexity index is 391. The molecule has 0 nitrogen and oxygen atoms in total. The standard InChI is InChI=1S/C20H40.C16H32/c1-3-5-7-9-11-13-15-17-19-20-18-16-14-12-10-8-6-4-2;1-3-5-7-9-11-13-15-16-14-12-10-8-6-4-2/h7,9H,3-6,8,10-20H2,1-2H3;7,9H,3-6,8,10-16H2,1-2H3/b2*9-7+. The molecule has 0 aliphatic heterocycles. The van der Waals surface area contributed by atoms with Crippen molar-refractivity contribution in [2.75, 3.05) is 0 Å². The minimum absolute atomic E-state index is 1.26. The summed E-state index contributed by atoms with van der Waals surface area (Å²) in [6.45, 7) is 9.06. The van der Waals surface area contributed by atoms with Crippen molar-refractivity contribution >= 4 is 0 Å². The molecule has 0 fully saturated rings. The Balaban J connectivity index is 0. The van der Waals surface area contributed by atoms with Crippen LogP contribution in [0.3, 0.4) is 0 Å². The van der Waals surface area contributed by atoms with Crippen molar-refractivity contribution in [3.05, 3.63) is 24.3 Å². The van der Waals surface area contributed by atoms with Crippen molar-refractivity contribution in [1.29, 1.82) is 0 Å². The zero-order valence-electron chi connectivity index (χ0n) is 26.1. The Morgan fingerprint density at radius 2 is 0.444 bits per heavy atom. The van der Waals surface area contributed by atoms with Crippen LogP contribution in [0.1, 0.15) is 207 Å². The zero-order valence-corrected chi connectivity index (χ0v) is 26.1. The third kappa shape index (κ3) is 40.6. The van der Waals surface area contributed by atoms with Gasteiger partial charge in [0.15, 0.2) is 0 Å². The highest BCUT2D eigenvalue weighted by molar-refractivity contribution is 4.81. The molecule has 0 amide bonds. The molecule has 0 rings (SSSR count). The van der Waals surface area contributed by atoms with Gasteiger partial charge in [0.05, 0.1) is 0 Å². The number of rotatable bonds is 28. The molecule has 0 aromatic heterocycles. The predicted octanol–water partition coefficient (Wildman–Crippen LogP) is 14.1. The lowest BCUT2D eigenvalue weighted by molar-refractivity contribution is 0.540. The van der Waals surface area contributed by atoms with E-state index in [0.717, 1.165) is 0 Å². The normalized spacial score (nSPS) is 11.4. The van der Waals surface area contributed by atoms with Gasteiger partial charge < -0.3 is 0 Å². The summed E-state index contributed by atoms with van der Waals surface area (Å²) in [7, 11) is 0. The van der Waals surface area contributed by atoms with Gasteiger partial charge in [-0.1, -0.05) is 193 Å². The van der Waals surface area contributed by atoms with E-state index in [1.165, 1.54) is 180 Å². The Morgan fingerprint density at radius 3 is 0.694 bits per heavy atom. The van der Waals surface area contributed by atoms with E-state index in [9.17, 15) is 0 Å². The first-order valence-corrected chi connectivity index (χ1v) is 17.1. The van der Waals surface area contributed by atoms with Gasteiger partial charge in [0.25, 0.3) is 0 Å². The fraction of sp³-hybridized carbons (Fsp3) is 0.889. The van der Waals surface area contributed by atoms with Crippen molar-refractivity contribution in [1.82, 2.24) is 0 Å². The first-order valence-electron chi connectivity index (χ1n) is 17.1. The lowest BCUT2D eigenvalue weighted by Crippen LogP contribution is -1.82. The Kier molecular flexibility index (Phi) is 40.8. The molecule has 216 valence electrons. The summed E-state index contributed by atoms with van der Waals surface area (Å²) in [6, 6.07) is 0. The summed E-state index contributed by atoms with van der Waals surface area (Å²) in [5.41, 5.74) is 0. The van der Waals surface area contributed by atoms with Gasteiger partial charge in [-0.05, 0) is 38.5 Å². The van der Waals surface area contributed by atoms with Crippen LogP contribution in [0.15, 0.2) is 24.3 Å². The minimum Gasteiger partial charge on any atom is -0.0885 e. The van der Waals surface area contributed by atoms with E-state index in [4.69, 9.17) is 0 Å². The average Bonchev–Trinajstić information content (AvgIpc) is 2.89. The Hall–Kier alpha value is -0.520. The molecule has 0 N–H and O–H groups in total. The van der Waals surface area contributed by atoms with Crippen LogP contribution >= 0.6 is 0 Å². The zero-order chi connectivity index (χ0) is 26.6. The van der Waals surface area contributed by atoms with Crippen LogP contribution in [-0.4, -0.2) is 0 Å². The molecule has 0 atom stereocenters. The predicted molar refractivity (Wildman–Crippen MR) is 170 cm³/mol. The second-order valence-corrected chi connectivity index (χ2v) is 11.2. The molecular formula is C36H72. The topological polar surface area (TPSA) is 0 Å². The third-order valence-corrected chi connectivity index (χ3v) is 7.19. The van der Waals surface area contributed by atoms with Crippen LogP contribution in [0.2, 0.25) is 0 Å². The molecule has 0 saturated heterocycles. The van der Waals surface area contributed by atoms with E-state index in [1.807, 2.05) is 0 Å². The fourth-order valence-electron chi connectivity index (χ4n) is 4.66. The van der Waals surface area contributed by atoms with E-state index >= 15 is 0 Å². The maximum atomic E-state index is 2.38. The van der Waals surface area contributed by atoms with Crippen molar-refractivity contribution < 1.29 is 0 Å². The van der Waals surface area contributed by atoms with Crippen molar-refractivity contribution in [3.63, 3.8) is 0 Å². The van der Waals surface area contributed by atoms with E-state index in [1.54, 1.807) is 0 Å². The van der Waals surface area contributed by atoms with Crippen LogP contribution in [0.4, 0.5) is 0 Å². The van der Waals surface area contributed by atoms with Gasteiger partial charge in [0.1, 0.15) is 0 Å². The van der Waals surface area contributed by atoms with E-state index < -0.39 is 0 Å². The number of unbranched alkanes of at least 4 members (excludes halogenated alkanes) is 24. The van der Waals surface area contributed by atoms with Gasteiger partial charge in [0.2, 0.25) is 0 Å². The third-order valence-electron chi connectivity index (χ3n) is 7.19. The molecule has 0 aliphatic rings. The Morgan fingerprint density at radius 1 is 0.222 bits per heavy atom. The van der Waals surface area contributed by atoms with Crippen LogP contribution in [-0.2, 0) is 0 Å². The largest absolute Gasteiger partial charge is 0.0885 e. The highest BCUT2D eigenvalue weighted by Crippen LogP contribution is 2.13. The van der Waals surface area contributed by atoms with Gasteiger partial charge >= 0.3 is 0 Å². The first-order chi connectivity index (χ1) is 17.8. The van der Waals surface area contributed by atoms with Crippen LogP contribution in [0.5, 0.6) is 0 Å². The van der Waals surface area contributed by atoms with Crippen molar-refractivity contribution in [2.24, 2.45) is 0 Å². The molecular weight excluding hydrogens is 432 g/mol.